The Bertz CT molecular complexity index is 721. The van der Waals surface area contributed by atoms with Crippen molar-refractivity contribution in [2.24, 2.45) is 0 Å². The lowest BCUT2D eigenvalue weighted by Gasteiger charge is -2.02. The van der Waals surface area contributed by atoms with Crippen LogP contribution < -0.4 is 0 Å². The first kappa shape index (κ1) is 12.3. The Morgan fingerprint density at radius 1 is 1.32 bits per heavy atom. The molecule has 0 N–H and O–H groups in total. The summed E-state index contributed by atoms with van der Waals surface area (Å²) < 4.78 is 2.60. The van der Waals surface area contributed by atoms with Gasteiger partial charge in [-0.25, -0.2) is 9.67 Å². The first-order chi connectivity index (χ1) is 9.29. The minimum atomic E-state index is 0.533. The number of aromatic nitrogens is 3. The van der Waals surface area contributed by atoms with Crippen LogP contribution in [0.5, 0.6) is 0 Å². The van der Waals surface area contributed by atoms with Crippen LogP contribution in [0.25, 0.3) is 16.4 Å². The van der Waals surface area contributed by atoms with E-state index in [9.17, 15) is 4.79 Å². The van der Waals surface area contributed by atoms with E-state index < -0.39 is 0 Å². The second kappa shape index (κ2) is 5.07. The highest BCUT2D eigenvalue weighted by molar-refractivity contribution is 9.10. The summed E-state index contributed by atoms with van der Waals surface area (Å²) in [6, 6.07) is 7.71. The Hall–Kier alpha value is -1.79. The number of rotatable bonds is 3. The number of carbonyl (C=O) groups excluding carboxylic acids is 1. The van der Waals surface area contributed by atoms with Crippen molar-refractivity contribution in [3.05, 3.63) is 52.1 Å². The molecule has 3 aromatic rings. The molecule has 19 heavy (non-hydrogen) atoms. The van der Waals surface area contributed by atoms with Crippen molar-refractivity contribution < 1.29 is 4.79 Å². The van der Waals surface area contributed by atoms with Gasteiger partial charge in [0.25, 0.3) is 0 Å². The predicted molar refractivity (Wildman–Crippen MR) is 77.8 cm³/mol. The molecule has 94 valence electrons. The third-order valence-corrected chi connectivity index (χ3v) is 4.05. The highest BCUT2D eigenvalue weighted by Crippen LogP contribution is 2.26. The van der Waals surface area contributed by atoms with Crippen LogP contribution in [-0.4, -0.2) is 21.1 Å². The van der Waals surface area contributed by atoms with Gasteiger partial charge in [-0.15, -0.1) is 11.3 Å². The predicted octanol–water partition coefficient (Wildman–Crippen LogP) is 3.57. The molecule has 1 aromatic carbocycles. The van der Waals surface area contributed by atoms with Crippen LogP contribution >= 0.6 is 27.3 Å². The van der Waals surface area contributed by atoms with Gasteiger partial charge in [-0.3, -0.25) is 4.79 Å². The molecule has 0 radical (unpaired) electrons. The molecule has 0 aliphatic carbocycles. The van der Waals surface area contributed by atoms with Crippen molar-refractivity contribution in [1.82, 2.24) is 14.8 Å². The summed E-state index contributed by atoms with van der Waals surface area (Å²) in [7, 11) is 0. The lowest BCUT2D eigenvalue weighted by molar-refractivity contribution is 0.112. The van der Waals surface area contributed by atoms with Gasteiger partial charge in [0.2, 0.25) is 0 Å². The van der Waals surface area contributed by atoms with Crippen molar-refractivity contribution in [3.8, 4) is 16.4 Å². The Kier molecular flexibility index (Phi) is 3.27. The number of carbonyl (C=O) groups is 1. The molecule has 4 nitrogen and oxygen atoms in total. The standard InChI is InChI=1S/C13H8BrN3OS/c14-10-3-1-2-4-11(10)17-7-9(8-18)12(16-17)13-15-5-6-19-13/h1-8H. The Morgan fingerprint density at radius 2 is 2.16 bits per heavy atom. The number of benzene rings is 1. The molecule has 0 fully saturated rings. The lowest BCUT2D eigenvalue weighted by Crippen LogP contribution is -1.95. The first-order valence-electron chi connectivity index (χ1n) is 5.49. The van der Waals surface area contributed by atoms with Gasteiger partial charge in [0.05, 0.1) is 11.3 Å². The van der Waals surface area contributed by atoms with E-state index in [1.807, 2.05) is 29.6 Å². The molecule has 0 bridgehead atoms. The molecule has 0 amide bonds. The van der Waals surface area contributed by atoms with Crippen LogP contribution in [-0.2, 0) is 0 Å². The van der Waals surface area contributed by atoms with E-state index in [0.717, 1.165) is 21.5 Å². The summed E-state index contributed by atoms with van der Waals surface area (Å²) in [5.41, 5.74) is 2.03. The average molecular weight is 334 g/mol. The van der Waals surface area contributed by atoms with Crippen LogP contribution in [0.2, 0.25) is 0 Å². The number of thiazole rings is 1. The zero-order valence-electron chi connectivity index (χ0n) is 9.65. The molecule has 2 heterocycles. The molecule has 6 heteroatoms. The maximum absolute atomic E-state index is 11.2. The van der Waals surface area contributed by atoms with E-state index in [2.05, 4.69) is 26.0 Å². The van der Waals surface area contributed by atoms with Crippen LogP contribution in [0.1, 0.15) is 10.4 Å². The van der Waals surface area contributed by atoms with E-state index >= 15 is 0 Å². The minimum Gasteiger partial charge on any atom is -0.298 e. The molecule has 0 unspecified atom stereocenters. The summed E-state index contributed by atoms with van der Waals surface area (Å²) in [5.74, 6) is 0. The van der Waals surface area contributed by atoms with E-state index in [1.54, 1.807) is 17.1 Å². The molecule has 0 saturated carbocycles. The van der Waals surface area contributed by atoms with Gasteiger partial charge in [-0.2, -0.15) is 5.10 Å². The fourth-order valence-corrected chi connectivity index (χ4v) is 2.85. The summed E-state index contributed by atoms with van der Waals surface area (Å²) in [6.07, 6.45) is 4.22. The van der Waals surface area contributed by atoms with Crippen LogP contribution in [0.4, 0.5) is 0 Å². The van der Waals surface area contributed by atoms with Crippen LogP contribution in [0.15, 0.2) is 46.5 Å². The third kappa shape index (κ3) is 2.24. The maximum atomic E-state index is 11.2. The number of hydrogen-bond acceptors (Lipinski definition) is 4. The van der Waals surface area contributed by atoms with Gasteiger partial charge in [0.1, 0.15) is 10.7 Å². The summed E-state index contributed by atoms with van der Waals surface area (Å²) in [4.78, 5) is 15.4. The van der Waals surface area contributed by atoms with Crippen LogP contribution in [0.3, 0.4) is 0 Å². The van der Waals surface area contributed by atoms with Crippen molar-refractivity contribution in [3.63, 3.8) is 0 Å². The smallest absolute Gasteiger partial charge is 0.153 e. The summed E-state index contributed by atoms with van der Waals surface area (Å²) in [6.45, 7) is 0. The Morgan fingerprint density at radius 3 is 2.84 bits per heavy atom. The van der Waals surface area contributed by atoms with Gasteiger partial charge in [0.15, 0.2) is 6.29 Å². The highest BCUT2D eigenvalue weighted by Gasteiger charge is 2.14. The maximum Gasteiger partial charge on any atom is 0.153 e. The van der Waals surface area contributed by atoms with Crippen molar-refractivity contribution in [1.29, 1.82) is 0 Å². The van der Waals surface area contributed by atoms with Crippen molar-refractivity contribution in [2.75, 3.05) is 0 Å². The van der Waals surface area contributed by atoms with Crippen LogP contribution in [0, 0.1) is 0 Å². The molecular formula is C13H8BrN3OS. The first-order valence-corrected chi connectivity index (χ1v) is 7.16. The molecule has 0 saturated heterocycles. The van der Waals surface area contributed by atoms with Gasteiger partial charge in [-0.05, 0) is 28.1 Å². The highest BCUT2D eigenvalue weighted by atomic mass is 79.9. The second-order valence-electron chi connectivity index (χ2n) is 3.78. The van der Waals surface area contributed by atoms with Gasteiger partial charge >= 0.3 is 0 Å². The van der Waals surface area contributed by atoms with E-state index in [0.29, 0.717) is 11.3 Å². The molecule has 3 rings (SSSR count). The second-order valence-corrected chi connectivity index (χ2v) is 5.53. The van der Waals surface area contributed by atoms with Gasteiger partial charge < -0.3 is 0 Å². The average Bonchev–Trinajstić information content (AvgIpc) is 3.08. The Balaban J connectivity index is 2.15. The fourth-order valence-electron chi connectivity index (χ4n) is 1.74. The zero-order valence-corrected chi connectivity index (χ0v) is 12.1. The molecule has 0 spiro atoms. The molecule has 0 atom stereocenters. The molecule has 0 aliphatic heterocycles. The minimum absolute atomic E-state index is 0.533. The molecular weight excluding hydrogens is 326 g/mol. The summed E-state index contributed by atoms with van der Waals surface area (Å²) >= 11 is 4.94. The summed E-state index contributed by atoms with van der Waals surface area (Å²) in [5, 5.41) is 7.06. The number of hydrogen-bond donors (Lipinski definition) is 0. The monoisotopic (exact) mass is 333 g/mol. The number of halogens is 1. The topological polar surface area (TPSA) is 47.8 Å². The van der Waals surface area contributed by atoms with Crippen molar-refractivity contribution >= 4 is 33.6 Å². The third-order valence-electron chi connectivity index (χ3n) is 2.60. The van der Waals surface area contributed by atoms with E-state index in [1.165, 1.54) is 11.3 Å². The zero-order chi connectivity index (χ0) is 13.2. The molecule has 2 aromatic heterocycles. The van der Waals surface area contributed by atoms with Crippen molar-refractivity contribution in [2.45, 2.75) is 0 Å². The van der Waals surface area contributed by atoms with Gasteiger partial charge in [-0.1, -0.05) is 12.1 Å². The number of aldehydes is 1. The normalized spacial score (nSPS) is 10.6. The quantitative estimate of drug-likeness (QED) is 0.688. The SMILES string of the molecule is O=Cc1cn(-c2ccccc2Br)nc1-c1nccs1. The lowest BCUT2D eigenvalue weighted by atomic mass is 10.3. The Labute approximate surface area is 121 Å². The van der Waals surface area contributed by atoms with E-state index in [-0.39, 0.29) is 0 Å². The largest absolute Gasteiger partial charge is 0.298 e. The number of para-hydroxylation sites is 1. The fraction of sp³-hybridized carbons (Fsp3) is 0. The molecule has 0 aliphatic rings. The van der Waals surface area contributed by atoms with E-state index in [4.69, 9.17) is 0 Å². The number of nitrogens with zero attached hydrogens (tertiary/aromatic N) is 3. The van der Waals surface area contributed by atoms with Gasteiger partial charge in [0, 0.05) is 22.2 Å².